The van der Waals surface area contributed by atoms with Crippen LogP contribution in [0.1, 0.15) is 40.0 Å². The highest BCUT2D eigenvalue weighted by Crippen LogP contribution is 2.47. The molecule has 0 aromatic heterocycles. The quantitative estimate of drug-likeness (QED) is 0.657. The standard InChI is InChI=1S/C12H23N3O2/c1-11(2,3)17-10(16)15-7-4-8(13)9(14)12(15)5-6-12/h8-9H,4-7,13-14H2,1-3H3/t8-,9-/m0/s1. The Bertz CT molecular complexity index is 320. The molecule has 1 spiro atoms. The van der Waals surface area contributed by atoms with E-state index >= 15 is 0 Å². The van der Waals surface area contributed by atoms with Gasteiger partial charge in [0.15, 0.2) is 0 Å². The van der Waals surface area contributed by atoms with Crippen LogP contribution in [-0.2, 0) is 4.74 Å². The fourth-order valence-corrected chi connectivity index (χ4v) is 2.58. The van der Waals surface area contributed by atoms with Gasteiger partial charge in [0, 0.05) is 18.6 Å². The van der Waals surface area contributed by atoms with Crippen molar-refractivity contribution in [3.63, 3.8) is 0 Å². The molecule has 1 heterocycles. The van der Waals surface area contributed by atoms with Crippen LogP contribution in [0.5, 0.6) is 0 Å². The summed E-state index contributed by atoms with van der Waals surface area (Å²) in [6.45, 7) is 6.28. The summed E-state index contributed by atoms with van der Waals surface area (Å²) in [5, 5.41) is 0. The van der Waals surface area contributed by atoms with Crippen LogP contribution in [0.3, 0.4) is 0 Å². The van der Waals surface area contributed by atoms with Crippen LogP contribution in [0.15, 0.2) is 0 Å². The molecule has 4 N–H and O–H groups in total. The first-order chi connectivity index (χ1) is 7.76. The van der Waals surface area contributed by atoms with Crippen LogP contribution in [0.2, 0.25) is 0 Å². The molecule has 0 bridgehead atoms. The lowest BCUT2D eigenvalue weighted by Gasteiger charge is -2.43. The molecule has 0 aromatic rings. The molecule has 1 saturated carbocycles. The lowest BCUT2D eigenvalue weighted by molar-refractivity contribution is -0.00000601. The van der Waals surface area contributed by atoms with Gasteiger partial charge in [-0.25, -0.2) is 4.79 Å². The van der Waals surface area contributed by atoms with Crippen molar-refractivity contribution in [1.82, 2.24) is 4.90 Å². The maximum Gasteiger partial charge on any atom is 0.410 e. The number of nitrogens with two attached hydrogens (primary N) is 2. The Kier molecular flexibility index (Phi) is 2.86. The Morgan fingerprint density at radius 2 is 1.94 bits per heavy atom. The average Bonchev–Trinajstić information content (AvgIpc) is 2.93. The van der Waals surface area contributed by atoms with E-state index in [9.17, 15) is 4.79 Å². The van der Waals surface area contributed by atoms with Crippen molar-refractivity contribution < 1.29 is 9.53 Å². The third kappa shape index (κ3) is 2.26. The predicted octanol–water partition coefficient (Wildman–Crippen LogP) is 0.814. The number of likely N-dealkylation sites (tertiary alicyclic amines) is 1. The number of amides is 1. The maximum atomic E-state index is 12.1. The first-order valence-corrected chi connectivity index (χ1v) is 6.28. The Hall–Kier alpha value is -0.810. The molecule has 0 aromatic carbocycles. The number of ether oxygens (including phenoxy) is 1. The van der Waals surface area contributed by atoms with E-state index in [0.29, 0.717) is 6.54 Å². The largest absolute Gasteiger partial charge is 0.444 e. The molecule has 0 radical (unpaired) electrons. The number of hydrogen-bond donors (Lipinski definition) is 2. The van der Waals surface area contributed by atoms with Crippen molar-refractivity contribution in [2.75, 3.05) is 6.54 Å². The Labute approximate surface area is 102 Å². The van der Waals surface area contributed by atoms with Crippen LogP contribution in [-0.4, -0.2) is 40.8 Å². The van der Waals surface area contributed by atoms with E-state index < -0.39 is 5.60 Å². The lowest BCUT2D eigenvalue weighted by Crippen LogP contribution is -2.64. The lowest BCUT2D eigenvalue weighted by atomic mass is 9.90. The zero-order chi connectivity index (χ0) is 12.8. The number of hydrogen-bond acceptors (Lipinski definition) is 4. The van der Waals surface area contributed by atoms with Gasteiger partial charge in [-0.1, -0.05) is 0 Å². The minimum absolute atomic E-state index is 0.00353. The second-order valence-electron chi connectivity index (χ2n) is 6.21. The molecule has 2 atom stereocenters. The summed E-state index contributed by atoms with van der Waals surface area (Å²) in [6.07, 6.45) is 2.39. The Morgan fingerprint density at radius 1 is 1.35 bits per heavy atom. The maximum absolute atomic E-state index is 12.1. The van der Waals surface area contributed by atoms with E-state index in [2.05, 4.69) is 0 Å². The highest BCUT2D eigenvalue weighted by atomic mass is 16.6. The monoisotopic (exact) mass is 241 g/mol. The van der Waals surface area contributed by atoms with Gasteiger partial charge in [0.2, 0.25) is 0 Å². The zero-order valence-electron chi connectivity index (χ0n) is 10.9. The minimum Gasteiger partial charge on any atom is -0.444 e. The summed E-state index contributed by atoms with van der Waals surface area (Å²) in [6, 6.07) is -0.125. The molecule has 2 fully saturated rings. The fourth-order valence-electron chi connectivity index (χ4n) is 2.58. The van der Waals surface area contributed by atoms with E-state index in [4.69, 9.17) is 16.2 Å². The van der Waals surface area contributed by atoms with Crippen LogP contribution in [0.4, 0.5) is 4.79 Å². The van der Waals surface area contributed by atoms with Gasteiger partial charge in [-0.3, -0.25) is 0 Å². The molecule has 0 unspecified atom stereocenters. The van der Waals surface area contributed by atoms with Gasteiger partial charge in [-0.05, 0) is 40.0 Å². The Balaban J connectivity index is 2.09. The van der Waals surface area contributed by atoms with Gasteiger partial charge >= 0.3 is 6.09 Å². The fraction of sp³-hybridized carbons (Fsp3) is 0.917. The first-order valence-electron chi connectivity index (χ1n) is 6.28. The third-order valence-corrected chi connectivity index (χ3v) is 3.68. The molecule has 2 rings (SSSR count). The number of carbonyl (C=O) groups is 1. The summed E-state index contributed by atoms with van der Waals surface area (Å²) >= 11 is 0. The summed E-state index contributed by atoms with van der Waals surface area (Å²) in [5.74, 6) is 0. The molecule has 17 heavy (non-hydrogen) atoms. The second kappa shape index (κ2) is 3.85. The smallest absolute Gasteiger partial charge is 0.410 e. The highest BCUT2D eigenvalue weighted by molar-refractivity contribution is 5.70. The summed E-state index contributed by atoms with van der Waals surface area (Å²) < 4.78 is 5.43. The van der Waals surface area contributed by atoms with Gasteiger partial charge < -0.3 is 21.1 Å². The van der Waals surface area contributed by atoms with E-state index in [0.717, 1.165) is 19.3 Å². The molecular formula is C12H23N3O2. The zero-order valence-corrected chi connectivity index (χ0v) is 10.9. The summed E-state index contributed by atoms with van der Waals surface area (Å²) in [5.41, 5.74) is 11.4. The van der Waals surface area contributed by atoms with E-state index in [1.54, 1.807) is 4.90 Å². The van der Waals surface area contributed by atoms with Crippen molar-refractivity contribution in [3.05, 3.63) is 0 Å². The number of nitrogens with zero attached hydrogens (tertiary/aromatic N) is 1. The topological polar surface area (TPSA) is 81.6 Å². The second-order valence-corrected chi connectivity index (χ2v) is 6.21. The van der Waals surface area contributed by atoms with Crippen molar-refractivity contribution in [2.45, 2.75) is 63.3 Å². The van der Waals surface area contributed by atoms with Gasteiger partial charge in [-0.15, -0.1) is 0 Å². The van der Waals surface area contributed by atoms with E-state index in [1.165, 1.54) is 0 Å². The molecule has 1 aliphatic heterocycles. The number of rotatable bonds is 0. The van der Waals surface area contributed by atoms with Crippen LogP contribution in [0, 0.1) is 0 Å². The van der Waals surface area contributed by atoms with Crippen molar-refractivity contribution >= 4 is 6.09 Å². The molecule has 5 heteroatoms. The summed E-state index contributed by atoms with van der Waals surface area (Å²) in [7, 11) is 0. The van der Waals surface area contributed by atoms with Gasteiger partial charge in [-0.2, -0.15) is 0 Å². The van der Waals surface area contributed by atoms with E-state index in [-0.39, 0.29) is 23.7 Å². The average molecular weight is 241 g/mol. The van der Waals surface area contributed by atoms with Gasteiger partial charge in [0.25, 0.3) is 0 Å². The van der Waals surface area contributed by atoms with Crippen LogP contribution < -0.4 is 11.5 Å². The van der Waals surface area contributed by atoms with Crippen LogP contribution in [0.25, 0.3) is 0 Å². The van der Waals surface area contributed by atoms with Crippen LogP contribution >= 0.6 is 0 Å². The normalized spacial score (nSPS) is 31.5. The molecule has 5 nitrogen and oxygen atoms in total. The molecule has 1 aliphatic carbocycles. The molecule has 1 saturated heterocycles. The molecule has 1 amide bonds. The third-order valence-electron chi connectivity index (χ3n) is 3.68. The molecule has 2 aliphatic rings. The SMILES string of the molecule is CC(C)(C)OC(=O)N1CC[C@H](N)[C@H](N)C12CC2. The number of carbonyl (C=O) groups excluding carboxylic acids is 1. The molecule has 98 valence electrons. The van der Waals surface area contributed by atoms with Crippen molar-refractivity contribution in [1.29, 1.82) is 0 Å². The van der Waals surface area contributed by atoms with Gasteiger partial charge in [0.1, 0.15) is 5.60 Å². The highest BCUT2D eigenvalue weighted by Gasteiger charge is 2.58. The molecular weight excluding hydrogens is 218 g/mol. The van der Waals surface area contributed by atoms with E-state index in [1.807, 2.05) is 20.8 Å². The summed E-state index contributed by atoms with van der Waals surface area (Å²) in [4.78, 5) is 13.9. The number of piperidine rings is 1. The van der Waals surface area contributed by atoms with Crippen molar-refractivity contribution in [3.8, 4) is 0 Å². The Morgan fingerprint density at radius 3 is 2.41 bits per heavy atom. The predicted molar refractivity (Wildman–Crippen MR) is 65.5 cm³/mol. The minimum atomic E-state index is -0.461. The van der Waals surface area contributed by atoms with Gasteiger partial charge in [0.05, 0.1) is 5.54 Å². The first kappa shape index (κ1) is 12.6. The van der Waals surface area contributed by atoms with Crippen molar-refractivity contribution in [2.24, 2.45) is 11.5 Å².